The Bertz CT molecular complexity index is 822. The van der Waals surface area contributed by atoms with Gasteiger partial charge in [-0.25, -0.2) is 0 Å². The van der Waals surface area contributed by atoms with E-state index in [1.807, 2.05) is 0 Å². The molecule has 0 heterocycles. The number of unbranched alkanes of at least 4 members (excludes halogenated alkanes) is 6. The molecular formula is C21H27NaO5S. The molecule has 28 heavy (non-hydrogen) atoms. The van der Waals surface area contributed by atoms with Crippen LogP contribution in [0.2, 0.25) is 0 Å². The summed E-state index contributed by atoms with van der Waals surface area (Å²) in [5.41, 5.74) is 0.715. The van der Waals surface area contributed by atoms with E-state index in [2.05, 4.69) is 6.92 Å². The summed E-state index contributed by atoms with van der Waals surface area (Å²) >= 11 is 0. The van der Waals surface area contributed by atoms with E-state index in [0.29, 0.717) is 17.7 Å². The van der Waals surface area contributed by atoms with Crippen LogP contribution in [0.15, 0.2) is 47.4 Å². The number of para-hydroxylation sites is 1. The Morgan fingerprint density at radius 1 is 0.964 bits per heavy atom. The van der Waals surface area contributed by atoms with Gasteiger partial charge in [0, 0.05) is 0 Å². The summed E-state index contributed by atoms with van der Waals surface area (Å²) in [6.45, 7) is 2.19. The Hall–Kier alpha value is -1.05. The van der Waals surface area contributed by atoms with Gasteiger partial charge in [-0.05, 0) is 36.6 Å². The second-order valence-corrected chi connectivity index (χ2v) is 8.04. The van der Waals surface area contributed by atoms with Crippen molar-refractivity contribution >= 4 is 10.1 Å². The molecule has 2 aromatic carbocycles. The van der Waals surface area contributed by atoms with Gasteiger partial charge in [-0.3, -0.25) is 4.55 Å². The fourth-order valence-electron chi connectivity index (χ4n) is 3.01. The minimum Gasteiger partial charge on any atom is -0.871 e. The third-order valence-electron chi connectivity index (χ3n) is 4.38. The molecular weight excluding hydrogens is 387 g/mol. The Labute approximate surface area is 190 Å². The quantitative estimate of drug-likeness (QED) is 0.346. The molecule has 0 aliphatic rings. The Balaban J connectivity index is 0.00000392. The van der Waals surface area contributed by atoms with Crippen LogP contribution in [-0.4, -0.2) is 13.0 Å². The normalized spacial score (nSPS) is 11.1. The zero-order valence-corrected chi connectivity index (χ0v) is 19.5. The standard InChI is InChI=1S/C21H28O5S.Na/c1-2-3-4-5-6-7-9-12-17-15-19(22)21(27(23,24)25)20(16-17)26-18-13-10-8-11-14-18;/h8,10-11,13-16,22H,2-7,9,12H2,1H3,(H,23,24,25);/q;+1/p-1. The van der Waals surface area contributed by atoms with Crippen LogP contribution >= 0.6 is 0 Å². The van der Waals surface area contributed by atoms with Crippen molar-refractivity contribution < 1.29 is 52.4 Å². The zero-order valence-electron chi connectivity index (χ0n) is 16.7. The van der Waals surface area contributed by atoms with E-state index in [4.69, 9.17) is 4.74 Å². The molecule has 1 N–H and O–H groups in total. The molecule has 2 rings (SSSR count). The molecule has 0 saturated carbocycles. The third kappa shape index (κ3) is 8.13. The number of hydrogen-bond acceptors (Lipinski definition) is 4. The summed E-state index contributed by atoms with van der Waals surface area (Å²) in [7, 11) is -4.68. The fourth-order valence-corrected chi connectivity index (χ4v) is 3.68. The molecule has 0 saturated heterocycles. The zero-order chi connectivity index (χ0) is 19.7. The van der Waals surface area contributed by atoms with Crippen molar-refractivity contribution in [3.8, 4) is 17.2 Å². The van der Waals surface area contributed by atoms with E-state index in [0.717, 1.165) is 19.3 Å². The summed E-state index contributed by atoms with van der Waals surface area (Å²) in [6.07, 6.45) is 8.74. The fraction of sp³-hybridized carbons (Fsp3) is 0.429. The summed E-state index contributed by atoms with van der Waals surface area (Å²) in [4.78, 5) is -0.713. The van der Waals surface area contributed by atoms with E-state index in [1.165, 1.54) is 37.8 Å². The molecule has 2 aromatic rings. The monoisotopic (exact) mass is 414 g/mol. The van der Waals surface area contributed by atoms with Gasteiger partial charge < -0.3 is 9.84 Å². The molecule has 0 amide bonds. The van der Waals surface area contributed by atoms with Crippen molar-refractivity contribution in [1.29, 1.82) is 0 Å². The van der Waals surface area contributed by atoms with Crippen LogP contribution in [0, 0.1) is 0 Å². The van der Waals surface area contributed by atoms with Gasteiger partial charge in [-0.2, -0.15) is 8.42 Å². The molecule has 148 valence electrons. The van der Waals surface area contributed by atoms with Crippen molar-refractivity contribution in [3.63, 3.8) is 0 Å². The van der Waals surface area contributed by atoms with Crippen molar-refractivity contribution in [2.45, 2.75) is 63.2 Å². The molecule has 7 heteroatoms. The van der Waals surface area contributed by atoms with Gasteiger partial charge in [0.15, 0.2) is 0 Å². The Kier molecular flexibility index (Phi) is 11.2. The predicted molar refractivity (Wildman–Crippen MR) is 104 cm³/mol. The van der Waals surface area contributed by atoms with Crippen LogP contribution in [0.5, 0.6) is 17.2 Å². The first-order valence-corrected chi connectivity index (χ1v) is 10.9. The number of ether oxygens (including phenoxy) is 1. The number of aryl methyl sites for hydroxylation is 1. The van der Waals surface area contributed by atoms with E-state index in [9.17, 15) is 18.1 Å². The minimum atomic E-state index is -4.68. The van der Waals surface area contributed by atoms with Crippen LogP contribution in [0.1, 0.15) is 57.4 Å². The smallest absolute Gasteiger partial charge is 0.871 e. The second kappa shape index (κ2) is 12.5. The number of hydrogen-bond donors (Lipinski definition) is 1. The van der Waals surface area contributed by atoms with Crippen LogP contribution < -0.4 is 39.4 Å². The van der Waals surface area contributed by atoms with Gasteiger partial charge in [-0.15, -0.1) is 0 Å². The van der Waals surface area contributed by atoms with Gasteiger partial charge in [0.05, 0.1) is 0 Å². The Morgan fingerprint density at radius 3 is 2.18 bits per heavy atom. The van der Waals surface area contributed by atoms with E-state index >= 15 is 0 Å². The molecule has 0 aliphatic carbocycles. The number of benzene rings is 2. The average molecular weight is 414 g/mol. The van der Waals surface area contributed by atoms with Crippen LogP contribution in [0.4, 0.5) is 0 Å². The van der Waals surface area contributed by atoms with Gasteiger partial charge in [0.25, 0.3) is 10.1 Å². The van der Waals surface area contributed by atoms with E-state index < -0.39 is 20.8 Å². The molecule has 0 atom stereocenters. The summed E-state index contributed by atoms with van der Waals surface area (Å²) < 4.78 is 38.3. The summed E-state index contributed by atoms with van der Waals surface area (Å²) in [6, 6.07) is 11.4. The first kappa shape index (κ1) is 25.0. The summed E-state index contributed by atoms with van der Waals surface area (Å²) in [5.74, 6) is -0.479. The third-order valence-corrected chi connectivity index (χ3v) is 5.30. The molecule has 0 aliphatic heterocycles. The van der Waals surface area contributed by atoms with Crippen LogP contribution in [-0.2, 0) is 16.5 Å². The minimum absolute atomic E-state index is 0. The van der Waals surface area contributed by atoms with Gasteiger partial charge in [0.1, 0.15) is 16.4 Å². The van der Waals surface area contributed by atoms with Crippen LogP contribution in [0.25, 0.3) is 0 Å². The first-order chi connectivity index (χ1) is 12.9. The predicted octanol–water partition coefficient (Wildman–Crippen LogP) is 2.10. The van der Waals surface area contributed by atoms with Gasteiger partial charge >= 0.3 is 29.6 Å². The molecule has 0 aromatic heterocycles. The SMILES string of the molecule is CCCCCCCCCc1cc([O-])c(S(=O)(=O)O)c(Oc2ccccc2)c1.[Na+]. The van der Waals surface area contributed by atoms with Crippen molar-refractivity contribution in [3.05, 3.63) is 48.0 Å². The maximum atomic E-state index is 12.3. The van der Waals surface area contributed by atoms with Crippen molar-refractivity contribution in [2.24, 2.45) is 0 Å². The topological polar surface area (TPSA) is 86.7 Å². The molecule has 5 nitrogen and oxygen atoms in total. The maximum Gasteiger partial charge on any atom is 1.00 e. The van der Waals surface area contributed by atoms with Crippen molar-refractivity contribution in [1.82, 2.24) is 0 Å². The van der Waals surface area contributed by atoms with Crippen LogP contribution in [0.3, 0.4) is 0 Å². The molecule has 0 radical (unpaired) electrons. The summed E-state index contributed by atoms with van der Waals surface area (Å²) in [5, 5.41) is 12.3. The van der Waals surface area contributed by atoms with E-state index in [-0.39, 0.29) is 35.3 Å². The van der Waals surface area contributed by atoms with Crippen molar-refractivity contribution in [2.75, 3.05) is 0 Å². The average Bonchev–Trinajstić information content (AvgIpc) is 2.60. The maximum absolute atomic E-state index is 12.3. The van der Waals surface area contributed by atoms with Gasteiger partial charge in [-0.1, -0.05) is 75.5 Å². The molecule has 0 fully saturated rings. The molecule has 0 unspecified atom stereocenters. The van der Waals surface area contributed by atoms with E-state index in [1.54, 1.807) is 30.3 Å². The first-order valence-electron chi connectivity index (χ1n) is 9.46. The number of rotatable bonds is 11. The Morgan fingerprint density at radius 2 is 1.57 bits per heavy atom. The second-order valence-electron chi connectivity index (χ2n) is 6.68. The van der Waals surface area contributed by atoms with Gasteiger partial charge in [0.2, 0.25) is 0 Å². The molecule has 0 spiro atoms. The largest absolute Gasteiger partial charge is 1.00 e. The molecule has 0 bridgehead atoms.